The van der Waals surface area contributed by atoms with E-state index < -0.39 is 11.8 Å². The number of hydrogen-bond acceptors (Lipinski definition) is 3. The minimum absolute atomic E-state index is 0.0838. The van der Waals surface area contributed by atoms with Crippen LogP contribution in [-0.4, -0.2) is 17.2 Å². The smallest absolute Gasteiger partial charge is 0.213 e. The van der Waals surface area contributed by atoms with E-state index in [0.29, 0.717) is 17.7 Å². The topological polar surface area (TPSA) is 42.4 Å². The molecule has 1 heterocycles. The maximum Gasteiger partial charge on any atom is 0.213 e. The summed E-state index contributed by atoms with van der Waals surface area (Å²) in [6.07, 6.45) is 0.828. The van der Waals surface area contributed by atoms with Crippen molar-refractivity contribution in [1.29, 1.82) is 0 Å². The Kier molecular flexibility index (Phi) is 4.19. The zero-order valence-corrected chi connectivity index (χ0v) is 10.4. The molecule has 0 atom stereocenters. The molecule has 0 fully saturated rings. The van der Waals surface area contributed by atoms with Gasteiger partial charge >= 0.3 is 0 Å². The fourth-order valence-corrected chi connectivity index (χ4v) is 1.92. The lowest BCUT2D eigenvalue weighted by Gasteiger charge is -2.11. The highest BCUT2D eigenvalue weighted by Gasteiger charge is 2.12. The summed E-state index contributed by atoms with van der Waals surface area (Å²) in [5.74, 6) is -1.39. The second-order valence-corrected chi connectivity index (χ2v) is 4.07. The van der Waals surface area contributed by atoms with Gasteiger partial charge < -0.3 is 9.84 Å². The number of hydrogen-bond donors (Lipinski definition) is 1. The summed E-state index contributed by atoms with van der Waals surface area (Å²) in [7, 11) is 1.56. The SMILES string of the molecule is COCc1ccc(-c2cc(F)ncc2F)c(CO)c1. The van der Waals surface area contributed by atoms with Crippen LogP contribution in [0.15, 0.2) is 30.5 Å². The average molecular weight is 265 g/mol. The lowest BCUT2D eigenvalue weighted by molar-refractivity contribution is 0.184. The summed E-state index contributed by atoms with van der Waals surface area (Å²) >= 11 is 0. The van der Waals surface area contributed by atoms with Gasteiger partial charge in [-0.15, -0.1) is 0 Å². The minimum Gasteiger partial charge on any atom is -0.392 e. The lowest BCUT2D eigenvalue weighted by Crippen LogP contribution is -1.97. The number of aliphatic hydroxyl groups excluding tert-OH is 1. The highest BCUT2D eigenvalue weighted by atomic mass is 19.1. The molecule has 1 aromatic heterocycles. The fraction of sp³-hybridized carbons (Fsp3) is 0.214. The maximum atomic E-state index is 13.7. The number of ether oxygens (including phenoxy) is 1. The van der Waals surface area contributed by atoms with E-state index in [4.69, 9.17) is 4.74 Å². The van der Waals surface area contributed by atoms with E-state index in [1.165, 1.54) is 0 Å². The molecule has 0 radical (unpaired) electrons. The van der Waals surface area contributed by atoms with Crippen LogP contribution in [0.1, 0.15) is 11.1 Å². The van der Waals surface area contributed by atoms with Gasteiger partial charge in [0.15, 0.2) is 0 Å². The first-order valence-electron chi connectivity index (χ1n) is 5.68. The molecule has 0 saturated heterocycles. The van der Waals surface area contributed by atoms with Crippen molar-refractivity contribution in [2.24, 2.45) is 0 Å². The number of methoxy groups -OCH3 is 1. The Hall–Kier alpha value is -1.85. The summed E-state index contributed by atoms with van der Waals surface area (Å²) < 4.78 is 31.8. The number of aliphatic hydroxyl groups is 1. The van der Waals surface area contributed by atoms with Crippen molar-refractivity contribution < 1.29 is 18.6 Å². The number of halogens is 2. The Morgan fingerprint density at radius 3 is 2.68 bits per heavy atom. The monoisotopic (exact) mass is 265 g/mol. The summed E-state index contributed by atoms with van der Waals surface area (Å²) in [4.78, 5) is 3.24. The predicted octanol–water partition coefficient (Wildman–Crippen LogP) is 2.67. The van der Waals surface area contributed by atoms with Crippen LogP contribution in [0, 0.1) is 11.8 Å². The van der Waals surface area contributed by atoms with Gasteiger partial charge in [-0.05, 0) is 16.7 Å². The van der Waals surface area contributed by atoms with Gasteiger partial charge in [-0.2, -0.15) is 4.39 Å². The highest BCUT2D eigenvalue weighted by molar-refractivity contribution is 5.68. The molecular formula is C14H13F2NO2. The zero-order chi connectivity index (χ0) is 13.8. The molecule has 0 saturated carbocycles. The highest BCUT2D eigenvalue weighted by Crippen LogP contribution is 2.27. The van der Waals surface area contributed by atoms with Gasteiger partial charge in [0.25, 0.3) is 0 Å². The van der Waals surface area contributed by atoms with Crippen LogP contribution in [0.2, 0.25) is 0 Å². The van der Waals surface area contributed by atoms with E-state index in [2.05, 4.69) is 4.98 Å². The third-order valence-electron chi connectivity index (χ3n) is 2.76. The van der Waals surface area contributed by atoms with E-state index in [1.54, 1.807) is 25.3 Å². The first kappa shape index (κ1) is 13.6. The molecular weight excluding hydrogens is 252 g/mol. The van der Waals surface area contributed by atoms with Gasteiger partial charge in [0.1, 0.15) is 5.82 Å². The van der Waals surface area contributed by atoms with Crippen molar-refractivity contribution in [3.05, 3.63) is 53.4 Å². The Balaban J connectivity index is 2.52. The van der Waals surface area contributed by atoms with Crippen LogP contribution in [0.3, 0.4) is 0 Å². The first-order valence-corrected chi connectivity index (χ1v) is 5.68. The molecule has 0 spiro atoms. The molecule has 0 aliphatic heterocycles. The van der Waals surface area contributed by atoms with E-state index >= 15 is 0 Å². The molecule has 2 rings (SSSR count). The van der Waals surface area contributed by atoms with Crippen LogP contribution in [-0.2, 0) is 18.0 Å². The summed E-state index contributed by atoms with van der Waals surface area (Å²) in [6.45, 7) is 0.122. The summed E-state index contributed by atoms with van der Waals surface area (Å²) in [6, 6.07) is 6.10. The average Bonchev–Trinajstić information content (AvgIpc) is 2.42. The molecule has 0 amide bonds. The third kappa shape index (κ3) is 2.94. The molecule has 0 aliphatic carbocycles. The van der Waals surface area contributed by atoms with Gasteiger partial charge in [-0.25, -0.2) is 9.37 Å². The predicted molar refractivity (Wildman–Crippen MR) is 66.2 cm³/mol. The second kappa shape index (κ2) is 5.86. The summed E-state index contributed by atoms with van der Waals surface area (Å²) in [5, 5.41) is 9.36. The maximum absolute atomic E-state index is 13.7. The standard InChI is InChI=1S/C14H13F2NO2/c1-19-8-9-2-3-11(10(4-9)7-18)12-5-14(16)17-6-13(12)15/h2-6,18H,7-8H2,1H3. The van der Waals surface area contributed by atoms with Gasteiger partial charge in [0.2, 0.25) is 5.95 Å². The van der Waals surface area contributed by atoms with Crippen molar-refractivity contribution in [1.82, 2.24) is 4.98 Å². The van der Waals surface area contributed by atoms with Crippen LogP contribution in [0.5, 0.6) is 0 Å². The van der Waals surface area contributed by atoms with Crippen LogP contribution in [0.4, 0.5) is 8.78 Å². The van der Waals surface area contributed by atoms with Crippen molar-refractivity contribution in [2.45, 2.75) is 13.2 Å². The van der Waals surface area contributed by atoms with Gasteiger partial charge in [0.05, 0.1) is 19.4 Å². The summed E-state index contributed by atoms with van der Waals surface area (Å²) in [5.41, 5.74) is 1.89. The molecule has 1 aromatic carbocycles. The Labute approximate surface area is 109 Å². The van der Waals surface area contributed by atoms with E-state index in [9.17, 15) is 13.9 Å². The molecule has 5 heteroatoms. The molecule has 100 valence electrons. The molecule has 0 aliphatic rings. The van der Waals surface area contributed by atoms with Crippen LogP contribution in [0.25, 0.3) is 11.1 Å². The van der Waals surface area contributed by atoms with Crippen molar-refractivity contribution in [3.63, 3.8) is 0 Å². The number of benzene rings is 1. The molecule has 1 N–H and O–H groups in total. The van der Waals surface area contributed by atoms with E-state index in [0.717, 1.165) is 17.8 Å². The zero-order valence-electron chi connectivity index (χ0n) is 10.4. The number of aromatic nitrogens is 1. The van der Waals surface area contributed by atoms with Crippen molar-refractivity contribution >= 4 is 0 Å². The van der Waals surface area contributed by atoms with Crippen molar-refractivity contribution in [2.75, 3.05) is 7.11 Å². The van der Waals surface area contributed by atoms with E-state index in [1.807, 2.05) is 0 Å². The molecule has 0 bridgehead atoms. The molecule has 19 heavy (non-hydrogen) atoms. The van der Waals surface area contributed by atoms with Gasteiger partial charge in [-0.3, -0.25) is 0 Å². The number of nitrogens with zero attached hydrogens (tertiary/aromatic N) is 1. The quantitative estimate of drug-likeness (QED) is 0.864. The Morgan fingerprint density at radius 2 is 2.00 bits per heavy atom. The van der Waals surface area contributed by atoms with Crippen molar-refractivity contribution in [3.8, 4) is 11.1 Å². The Bertz CT molecular complexity index is 588. The largest absolute Gasteiger partial charge is 0.392 e. The number of rotatable bonds is 4. The van der Waals surface area contributed by atoms with Gasteiger partial charge in [-0.1, -0.05) is 18.2 Å². The van der Waals surface area contributed by atoms with E-state index in [-0.39, 0.29) is 12.2 Å². The molecule has 0 unspecified atom stereocenters. The molecule has 2 aromatic rings. The van der Waals surface area contributed by atoms with Crippen LogP contribution < -0.4 is 0 Å². The molecule has 3 nitrogen and oxygen atoms in total. The normalized spacial score (nSPS) is 10.7. The Morgan fingerprint density at radius 1 is 1.21 bits per heavy atom. The second-order valence-electron chi connectivity index (χ2n) is 4.07. The first-order chi connectivity index (χ1) is 9.15. The fourth-order valence-electron chi connectivity index (χ4n) is 1.92. The number of pyridine rings is 1. The lowest BCUT2D eigenvalue weighted by atomic mass is 9.98. The minimum atomic E-state index is -0.763. The van der Waals surface area contributed by atoms with Crippen LogP contribution >= 0.6 is 0 Å². The third-order valence-corrected chi connectivity index (χ3v) is 2.76. The van der Waals surface area contributed by atoms with Gasteiger partial charge in [0, 0.05) is 18.7 Å².